The molecule has 0 spiro atoms. The van der Waals surface area contributed by atoms with Gasteiger partial charge < -0.3 is 14.5 Å². The van der Waals surface area contributed by atoms with Gasteiger partial charge in [0.25, 0.3) is 0 Å². The highest BCUT2D eigenvalue weighted by Gasteiger charge is 2.19. The van der Waals surface area contributed by atoms with Crippen LogP contribution in [0.25, 0.3) is 17.3 Å². The number of aromatic amines is 1. The zero-order chi connectivity index (χ0) is 26.6. The van der Waals surface area contributed by atoms with Crippen LogP contribution in [-0.2, 0) is 12.8 Å². The van der Waals surface area contributed by atoms with Gasteiger partial charge in [-0.1, -0.05) is 12.1 Å². The number of nitrogens with one attached hydrogen (secondary N) is 1. The van der Waals surface area contributed by atoms with E-state index in [2.05, 4.69) is 82.5 Å². The lowest BCUT2D eigenvalue weighted by molar-refractivity contribution is 0.414. The van der Waals surface area contributed by atoms with Crippen molar-refractivity contribution in [3.05, 3.63) is 134 Å². The second-order valence-electron chi connectivity index (χ2n) is 9.29. The number of aromatic nitrogens is 1. The smallest absolute Gasteiger partial charge is 0.118 e. The summed E-state index contributed by atoms with van der Waals surface area (Å²) in [7, 11) is 3.38. The molecule has 4 heterocycles. The van der Waals surface area contributed by atoms with Gasteiger partial charge in [0.05, 0.1) is 25.6 Å². The van der Waals surface area contributed by atoms with E-state index in [1.807, 2.05) is 24.3 Å². The molecule has 2 aromatic carbocycles. The summed E-state index contributed by atoms with van der Waals surface area (Å²) in [5.41, 5.74) is 8.81. The summed E-state index contributed by atoms with van der Waals surface area (Å²) in [4.78, 5) is 11.4. The molecule has 39 heavy (non-hydrogen) atoms. The highest BCUT2D eigenvalue weighted by molar-refractivity contribution is 7.10. The quantitative estimate of drug-likeness (QED) is 0.201. The van der Waals surface area contributed by atoms with Crippen LogP contribution in [0.3, 0.4) is 0 Å². The van der Waals surface area contributed by atoms with E-state index in [9.17, 15) is 0 Å². The van der Waals surface area contributed by atoms with Crippen LogP contribution in [0.5, 0.6) is 11.5 Å². The summed E-state index contributed by atoms with van der Waals surface area (Å²) >= 11 is 3.56. The Bertz CT molecular complexity index is 1640. The minimum Gasteiger partial charge on any atom is -0.497 e. The number of benzene rings is 2. The Kier molecular flexibility index (Phi) is 7.30. The van der Waals surface area contributed by atoms with Crippen molar-refractivity contribution in [3.63, 3.8) is 0 Å². The summed E-state index contributed by atoms with van der Waals surface area (Å²) in [6.45, 7) is 0. The van der Waals surface area contributed by atoms with Crippen molar-refractivity contribution < 1.29 is 9.47 Å². The van der Waals surface area contributed by atoms with Gasteiger partial charge in [-0.2, -0.15) is 0 Å². The standard InChI is InChI=1S/C33H28N2O2S2/c1-36-28-11-7-22(8-12-28)32-24(19-30-5-3-15-38-30)17-26(34-32)21-27-18-25(20-31-6-4-16-39-31)33(35-27)23-9-13-29(37-2)14-10-23/h3-18,21,34H,19-20H2,1-2H3/b27-21+. The molecule has 0 saturated heterocycles. The molecular formula is C33H28N2O2S2. The van der Waals surface area contributed by atoms with E-state index in [0.29, 0.717) is 0 Å². The monoisotopic (exact) mass is 548 g/mol. The maximum atomic E-state index is 5.38. The number of nitrogens with zero attached hydrogens (tertiary/aromatic N) is 1. The van der Waals surface area contributed by atoms with Crippen LogP contribution in [0, 0.1) is 0 Å². The first kappa shape index (κ1) is 25.2. The Morgan fingerprint density at radius 3 is 1.97 bits per heavy atom. The van der Waals surface area contributed by atoms with Crippen molar-refractivity contribution in [1.82, 2.24) is 4.98 Å². The molecule has 4 nitrogen and oxygen atoms in total. The van der Waals surface area contributed by atoms with E-state index in [1.165, 1.54) is 20.9 Å². The summed E-state index contributed by atoms with van der Waals surface area (Å²) < 4.78 is 10.7. The number of thiophene rings is 2. The molecule has 194 valence electrons. The van der Waals surface area contributed by atoms with Crippen molar-refractivity contribution in [2.75, 3.05) is 14.2 Å². The second-order valence-corrected chi connectivity index (χ2v) is 11.4. The van der Waals surface area contributed by atoms with E-state index in [4.69, 9.17) is 14.5 Å². The fourth-order valence-electron chi connectivity index (χ4n) is 4.80. The Hall–Kier alpha value is -4.13. The molecule has 0 atom stereocenters. The fraction of sp³-hybridized carbons (Fsp3) is 0.121. The lowest BCUT2D eigenvalue weighted by atomic mass is 10.00. The summed E-state index contributed by atoms with van der Waals surface area (Å²) in [5.74, 6) is 1.69. The van der Waals surface area contributed by atoms with Crippen molar-refractivity contribution in [2.24, 2.45) is 4.99 Å². The molecule has 0 saturated carbocycles. The van der Waals surface area contributed by atoms with E-state index in [1.54, 1.807) is 36.9 Å². The van der Waals surface area contributed by atoms with Crippen LogP contribution >= 0.6 is 22.7 Å². The SMILES string of the molecule is COc1ccc(C2=N/C(=C/c3cc(Cc4cccs4)c(-c4ccc(OC)cc4)[nH]3)C=C2Cc2cccs2)cc1. The van der Waals surface area contributed by atoms with Crippen molar-refractivity contribution in [1.29, 1.82) is 0 Å². The van der Waals surface area contributed by atoms with Crippen molar-refractivity contribution in [2.45, 2.75) is 12.8 Å². The zero-order valence-corrected chi connectivity index (χ0v) is 23.4. The molecular weight excluding hydrogens is 521 g/mol. The number of hydrogen-bond donors (Lipinski definition) is 1. The third-order valence-electron chi connectivity index (χ3n) is 6.72. The predicted octanol–water partition coefficient (Wildman–Crippen LogP) is 8.43. The number of H-pyrrole nitrogens is 1. The molecule has 6 heteroatoms. The summed E-state index contributed by atoms with van der Waals surface area (Å²) in [6.07, 6.45) is 6.09. The topological polar surface area (TPSA) is 46.6 Å². The first-order valence-corrected chi connectivity index (χ1v) is 14.5. The maximum Gasteiger partial charge on any atom is 0.118 e. The van der Waals surface area contributed by atoms with E-state index >= 15 is 0 Å². The number of aliphatic imine (C=N–C) groups is 1. The first-order valence-electron chi connectivity index (χ1n) is 12.8. The van der Waals surface area contributed by atoms with E-state index < -0.39 is 0 Å². The minimum absolute atomic E-state index is 0.840. The molecule has 0 unspecified atom stereocenters. The average molecular weight is 549 g/mol. The average Bonchev–Trinajstić information content (AvgIpc) is 3.79. The van der Waals surface area contributed by atoms with Gasteiger partial charge in [0.1, 0.15) is 11.5 Å². The van der Waals surface area contributed by atoms with Crippen LogP contribution in [0.15, 0.2) is 112 Å². The van der Waals surface area contributed by atoms with Crippen LogP contribution in [0.4, 0.5) is 0 Å². The Morgan fingerprint density at radius 1 is 0.769 bits per heavy atom. The van der Waals surface area contributed by atoms with Gasteiger partial charge in [0.15, 0.2) is 0 Å². The number of allylic oxidation sites excluding steroid dienone is 2. The third-order valence-corrected chi connectivity index (χ3v) is 8.48. The second kappa shape index (κ2) is 11.3. The zero-order valence-electron chi connectivity index (χ0n) is 21.8. The number of rotatable bonds is 9. The highest BCUT2D eigenvalue weighted by atomic mass is 32.1. The molecule has 6 rings (SSSR count). The Morgan fingerprint density at radius 2 is 1.38 bits per heavy atom. The van der Waals surface area contributed by atoms with Crippen LogP contribution < -0.4 is 9.47 Å². The molecule has 0 fully saturated rings. The number of ether oxygens (including phenoxy) is 2. The van der Waals surface area contributed by atoms with Crippen molar-refractivity contribution >= 4 is 34.5 Å². The maximum absolute atomic E-state index is 5.38. The van der Waals surface area contributed by atoms with Gasteiger partial charge in [-0.25, -0.2) is 4.99 Å². The van der Waals surface area contributed by atoms with E-state index in [0.717, 1.165) is 58.3 Å². The normalized spacial score (nSPS) is 13.9. The lowest BCUT2D eigenvalue weighted by Crippen LogP contribution is -2.04. The molecule has 5 aromatic rings. The molecule has 0 aliphatic carbocycles. The van der Waals surface area contributed by atoms with Crippen molar-refractivity contribution in [3.8, 4) is 22.8 Å². The van der Waals surface area contributed by atoms with Gasteiger partial charge in [0, 0.05) is 39.5 Å². The number of methoxy groups -OCH3 is 2. The van der Waals surface area contributed by atoms with E-state index in [-0.39, 0.29) is 0 Å². The minimum atomic E-state index is 0.840. The van der Waals surface area contributed by atoms with Gasteiger partial charge in [-0.3, -0.25) is 0 Å². The largest absolute Gasteiger partial charge is 0.497 e. The molecule has 3 aromatic heterocycles. The molecule has 0 amide bonds. The molecule has 1 aliphatic heterocycles. The third kappa shape index (κ3) is 5.67. The van der Waals surface area contributed by atoms with Gasteiger partial charge in [-0.15, -0.1) is 22.7 Å². The molecule has 0 radical (unpaired) electrons. The van der Waals surface area contributed by atoms with Crippen LogP contribution in [-0.4, -0.2) is 24.9 Å². The Labute approximate surface area is 236 Å². The summed E-state index contributed by atoms with van der Waals surface area (Å²) in [6, 6.07) is 27.2. The van der Waals surface area contributed by atoms with Crippen LogP contribution in [0.2, 0.25) is 0 Å². The van der Waals surface area contributed by atoms with Crippen LogP contribution in [0.1, 0.15) is 26.6 Å². The first-order chi connectivity index (χ1) is 19.2. The summed E-state index contributed by atoms with van der Waals surface area (Å²) in [5, 5.41) is 4.26. The highest BCUT2D eigenvalue weighted by Crippen LogP contribution is 2.32. The molecule has 1 N–H and O–H groups in total. The predicted molar refractivity (Wildman–Crippen MR) is 164 cm³/mol. The van der Waals surface area contributed by atoms with Gasteiger partial charge in [-0.05, 0) is 106 Å². The Balaban J connectivity index is 1.38. The van der Waals surface area contributed by atoms with Gasteiger partial charge in [0.2, 0.25) is 0 Å². The molecule has 1 aliphatic rings. The van der Waals surface area contributed by atoms with Gasteiger partial charge >= 0.3 is 0 Å². The lowest BCUT2D eigenvalue weighted by Gasteiger charge is -2.07. The number of hydrogen-bond acceptors (Lipinski definition) is 5. The fourth-order valence-corrected chi connectivity index (χ4v) is 6.26. The molecule has 0 bridgehead atoms.